The van der Waals surface area contributed by atoms with Crippen LogP contribution in [0.15, 0.2) is 79.0 Å². The van der Waals surface area contributed by atoms with Gasteiger partial charge in [0.1, 0.15) is 5.75 Å². The molecule has 0 aliphatic rings. The molecule has 0 amide bonds. The van der Waals surface area contributed by atoms with E-state index in [9.17, 15) is 14.7 Å². The van der Waals surface area contributed by atoms with Gasteiger partial charge in [-0.2, -0.15) is 0 Å². The lowest BCUT2D eigenvalue weighted by Crippen LogP contribution is -2.12. The number of unbranched alkanes of at least 4 members (excludes halogenated alkanes) is 1. The number of hydrogen-bond acceptors (Lipinski definition) is 3. The monoisotopic (exact) mass is 503 g/mol. The highest BCUT2D eigenvalue weighted by molar-refractivity contribution is 5.98. The molecule has 0 saturated heterocycles. The third kappa shape index (κ3) is 10.1. The summed E-state index contributed by atoms with van der Waals surface area (Å²) in [6.45, 7) is 3.96. The van der Waals surface area contributed by atoms with Gasteiger partial charge in [-0.1, -0.05) is 67.7 Å². The maximum absolute atomic E-state index is 13.0. The Balaban J connectivity index is 1.77. The van der Waals surface area contributed by atoms with Crippen LogP contribution in [0.2, 0.25) is 0 Å². The molecule has 0 bridgehead atoms. The van der Waals surface area contributed by atoms with Gasteiger partial charge in [-0.05, 0) is 75.6 Å². The number of allylic oxidation sites excluding steroid dienone is 10. The van der Waals surface area contributed by atoms with Crippen LogP contribution in [0.3, 0.4) is 0 Å². The van der Waals surface area contributed by atoms with Gasteiger partial charge in [0.05, 0.1) is 19.0 Å². The summed E-state index contributed by atoms with van der Waals surface area (Å²) in [5.41, 5.74) is 2.08. The minimum Gasteiger partial charge on any atom is -0.497 e. The van der Waals surface area contributed by atoms with E-state index in [1.165, 1.54) is 0 Å². The first-order valence-electron chi connectivity index (χ1n) is 13.2. The molecule has 1 aromatic carbocycles. The summed E-state index contributed by atoms with van der Waals surface area (Å²) in [4.78, 5) is 24.4. The fraction of sp³-hybridized carbons (Fsp3) is 0.375. The standard InChI is InChI=1S/C32H41NO4/c1-4-5-6-7-8-9-10-11-12-13-14-15-16-17-18-19-20-21-31(34)33-26(2)28(25-32(35)36)29-24-27(37-3)22-23-30(29)33/h5-6,8-9,11-12,14-15,17-18,22-24H,4,7,10,13,16,19-21,25H2,1-3H3,(H,35,36). The highest BCUT2D eigenvalue weighted by atomic mass is 16.5. The molecule has 1 heterocycles. The topological polar surface area (TPSA) is 68.5 Å². The first kappa shape index (κ1) is 29.6. The van der Waals surface area contributed by atoms with Gasteiger partial charge in [0.2, 0.25) is 5.91 Å². The number of nitrogens with zero attached hydrogens (tertiary/aromatic N) is 1. The van der Waals surface area contributed by atoms with E-state index in [1.807, 2.05) is 13.0 Å². The first-order valence-corrected chi connectivity index (χ1v) is 13.2. The van der Waals surface area contributed by atoms with E-state index in [0.717, 1.165) is 55.8 Å². The maximum atomic E-state index is 13.0. The number of methoxy groups -OCH3 is 1. The zero-order valence-electron chi connectivity index (χ0n) is 22.5. The van der Waals surface area contributed by atoms with E-state index in [-0.39, 0.29) is 12.3 Å². The van der Waals surface area contributed by atoms with Crippen molar-refractivity contribution in [2.75, 3.05) is 7.11 Å². The van der Waals surface area contributed by atoms with Crippen LogP contribution in [0.5, 0.6) is 5.75 Å². The molecule has 0 saturated carbocycles. The highest BCUT2D eigenvalue weighted by Crippen LogP contribution is 2.30. The largest absolute Gasteiger partial charge is 0.497 e. The second-order valence-electron chi connectivity index (χ2n) is 8.85. The SMILES string of the molecule is CCC=CCC=CCC=CCC=CCC=CCCCC(=O)n1c(C)c(CC(=O)O)c2cc(OC)ccc21. The predicted octanol–water partition coefficient (Wildman–Crippen LogP) is 8.15. The van der Waals surface area contributed by atoms with Crippen molar-refractivity contribution in [2.45, 2.75) is 71.6 Å². The maximum Gasteiger partial charge on any atom is 0.307 e. The number of carboxylic acids is 1. The Kier molecular flexibility index (Phi) is 13.6. The van der Waals surface area contributed by atoms with Gasteiger partial charge in [0.15, 0.2) is 0 Å². The van der Waals surface area contributed by atoms with Crippen LogP contribution < -0.4 is 4.74 Å². The molecule has 0 aliphatic heterocycles. The molecule has 0 spiro atoms. The molecule has 2 aromatic rings. The Labute approximate surface area is 221 Å². The highest BCUT2D eigenvalue weighted by Gasteiger charge is 2.20. The molecule has 5 nitrogen and oxygen atoms in total. The minimum atomic E-state index is -0.921. The van der Waals surface area contributed by atoms with E-state index in [2.05, 4.69) is 67.7 Å². The van der Waals surface area contributed by atoms with Crippen LogP contribution in [0.1, 0.15) is 74.3 Å². The number of rotatable bonds is 16. The normalized spacial score (nSPS) is 12.4. The van der Waals surface area contributed by atoms with E-state index >= 15 is 0 Å². The quantitative estimate of drug-likeness (QED) is 0.185. The lowest BCUT2D eigenvalue weighted by atomic mass is 10.1. The van der Waals surface area contributed by atoms with Gasteiger partial charge in [-0.3, -0.25) is 14.2 Å². The number of aromatic nitrogens is 1. The number of carbonyl (C=O) groups excluding carboxylic acids is 1. The summed E-state index contributed by atoms with van der Waals surface area (Å²) >= 11 is 0. The number of fused-ring (bicyclic) bond motifs is 1. The lowest BCUT2D eigenvalue weighted by molar-refractivity contribution is -0.136. The van der Waals surface area contributed by atoms with Crippen LogP contribution >= 0.6 is 0 Å². The number of ether oxygens (including phenoxy) is 1. The van der Waals surface area contributed by atoms with E-state index in [0.29, 0.717) is 23.4 Å². The van der Waals surface area contributed by atoms with Crippen molar-refractivity contribution in [3.05, 3.63) is 90.2 Å². The number of benzene rings is 1. The molecular formula is C32H41NO4. The summed E-state index contributed by atoms with van der Waals surface area (Å²) in [6.07, 6.45) is 28.4. The average molecular weight is 504 g/mol. The van der Waals surface area contributed by atoms with Crippen LogP contribution in [0.25, 0.3) is 10.9 Å². The minimum absolute atomic E-state index is 0.0170. The molecule has 2 rings (SSSR count). The first-order chi connectivity index (χ1) is 18.0. The smallest absolute Gasteiger partial charge is 0.307 e. The van der Waals surface area contributed by atoms with Crippen molar-refractivity contribution in [2.24, 2.45) is 0 Å². The van der Waals surface area contributed by atoms with E-state index < -0.39 is 5.97 Å². The van der Waals surface area contributed by atoms with Crippen LogP contribution in [0, 0.1) is 6.92 Å². The zero-order valence-corrected chi connectivity index (χ0v) is 22.5. The zero-order chi connectivity index (χ0) is 26.9. The van der Waals surface area contributed by atoms with Gasteiger partial charge in [-0.15, -0.1) is 0 Å². The Bertz CT molecular complexity index is 1160. The van der Waals surface area contributed by atoms with Crippen LogP contribution in [0.4, 0.5) is 0 Å². The molecular weight excluding hydrogens is 462 g/mol. The molecule has 1 aromatic heterocycles. The molecule has 0 unspecified atom stereocenters. The van der Waals surface area contributed by atoms with Gasteiger partial charge >= 0.3 is 5.97 Å². The van der Waals surface area contributed by atoms with Crippen molar-refractivity contribution >= 4 is 22.8 Å². The number of carbonyl (C=O) groups is 2. The number of hydrogen-bond donors (Lipinski definition) is 1. The van der Waals surface area contributed by atoms with Crippen molar-refractivity contribution < 1.29 is 19.4 Å². The Morgan fingerprint density at radius 1 is 0.892 bits per heavy atom. The summed E-state index contributed by atoms with van der Waals surface area (Å²) in [6, 6.07) is 5.43. The van der Waals surface area contributed by atoms with Gasteiger partial charge in [0.25, 0.3) is 0 Å². The third-order valence-electron chi connectivity index (χ3n) is 6.04. The molecule has 0 aliphatic carbocycles. The second kappa shape index (κ2) is 17.0. The fourth-order valence-corrected chi connectivity index (χ4v) is 4.14. The van der Waals surface area contributed by atoms with Crippen molar-refractivity contribution in [3.8, 4) is 5.75 Å². The molecule has 0 radical (unpaired) electrons. The molecule has 1 N–H and O–H groups in total. The van der Waals surface area contributed by atoms with E-state index in [1.54, 1.807) is 23.8 Å². The number of aliphatic carboxylic acids is 1. The van der Waals surface area contributed by atoms with Crippen LogP contribution in [-0.4, -0.2) is 28.7 Å². The molecule has 0 atom stereocenters. The van der Waals surface area contributed by atoms with Gasteiger partial charge < -0.3 is 9.84 Å². The lowest BCUT2D eigenvalue weighted by Gasteiger charge is -2.07. The van der Waals surface area contributed by atoms with Crippen LogP contribution in [-0.2, 0) is 11.2 Å². The van der Waals surface area contributed by atoms with Gasteiger partial charge in [-0.25, -0.2) is 0 Å². The summed E-state index contributed by atoms with van der Waals surface area (Å²) in [7, 11) is 1.57. The molecule has 37 heavy (non-hydrogen) atoms. The van der Waals surface area contributed by atoms with Gasteiger partial charge in [0, 0.05) is 17.5 Å². The average Bonchev–Trinajstić information content (AvgIpc) is 3.15. The molecule has 0 fully saturated rings. The Morgan fingerprint density at radius 2 is 1.46 bits per heavy atom. The third-order valence-corrected chi connectivity index (χ3v) is 6.04. The number of carboxylic acid groups (broad SMARTS) is 1. The Hall–Kier alpha value is -3.60. The summed E-state index contributed by atoms with van der Waals surface area (Å²) in [5.74, 6) is -0.297. The van der Waals surface area contributed by atoms with E-state index in [4.69, 9.17) is 4.74 Å². The fourth-order valence-electron chi connectivity index (χ4n) is 4.14. The Morgan fingerprint density at radius 3 is 2.00 bits per heavy atom. The van der Waals surface area contributed by atoms with Crippen molar-refractivity contribution in [1.29, 1.82) is 0 Å². The van der Waals surface area contributed by atoms with Crippen molar-refractivity contribution in [3.63, 3.8) is 0 Å². The molecule has 198 valence electrons. The van der Waals surface area contributed by atoms with Crippen molar-refractivity contribution in [1.82, 2.24) is 4.57 Å². The molecule has 5 heteroatoms. The summed E-state index contributed by atoms with van der Waals surface area (Å²) < 4.78 is 6.96. The predicted molar refractivity (Wildman–Crippen MR) is 154 cm³/mol. The summed E-state index contributed by atoms with van der Waals surface area (Å²) in [5, 5.41) is 10.1. The second-order valence-corrected chi connectivity index (χ2v) is 8.85.